The summed E-state index contributed by atoms with van der Waals surface area (Å²) >= 11 is 0. The van der Waals surface area contributed by atoms with Crippen LogP contribution in [0.2, 0.25) is 0 Å². The first kappa shape index (κ1) is 20.6. The molecule has 4 aliphatic carbocycles. The quantitative estimate of drug-likeness (QED) is 0.710. The van der Waals surface area contributed by atoms with Crippen molar-refractivity contribution in [1.29, 1.82) is 0 Å². The highest BCUT2D eigenvalue weighted by molar-refractivity contribution is 5.97. The molecule has 0 unspecified atom stereocenters. The maximum atomic E-state index is 12.6. The molecule has 4 amide bonds. The number of carbonyl (C=O) groups excluding carboxylic acids is 3. The van der Waals surface area contributed by atoms with Crippen LogP contribution in [0.4, 0.5) is 4.79 Å². The van der Waals surface area contributed by atoms with E-state index in [1.54, 1.807) is 23.8 Å². The van der Waals surface area contributed by atoms with Crippen molar-refractivity contribution in [1.82, 2.24) is 20.4 Å². The summed E-state index contributed by atoms with van der Waals surface area (Å²) in [6.07, 6.45) is 7.06. The second-order valence-corrected chi connectivity index (χ2v) is 9.73. The summed E-state index contributed by atoms with van der Waals surface area (Å²) < 4.78 is 5.27. The maximum Gasteiger partial charge on any atom is 0.321 e. The minimum atomic E-state index is -0.567. The fourth-order valence-electron chi connectivity index (χ4n) is 6.22. The van der Waals surface area contributed by atoms with E-state index >= 15 is 0 Å². The molecule has 5 fully saturated rings. The first-order chi connectivity index (χ1) is 13.8. The standard InChI is InChI=1S/C21H34N4O4/c1-14(24(2)13-18(26)25-3-5-29-6-4-25)19(27)22-20(28)23-21-10-15-7-16(11-21)9-17(8-15)12-21/h14-17H,3-13H2,1-2H3,(H2,22,23,27,28)/t14-,15?,16?,17?,21?/m0/s1. The third kappa shape index (κ3) is 4.58. The van der Waals surface area contributed by atoms with Crippen molar-refractivity contribution < 1.29 is 19.1 Å². The summed E-state index contributed by atoms with van der Waals surface area (Å²) in [6, 6.07) is -0.959. The van der Waals surface area contributed by atoms with Gasteiger partial charge in [0.2, 0.25) is 11.8 Å². The zero-order chi connectivity index (χ0) is 20.6. The van der Waals surface area contributed by atoms with Crippen LogP contribution < -0.4 is 10.6 Å². The molecule has 0 spiro atoms. The molecule has 1 aliphatic heterocycles. The van der Waals surface area contributed by atoms with Crippen molar-refractivity contribution in [3.05, 3.63) is 0 Å². The lowest BCUT2D eigenvalue weighted by molar-refractivity contribution is -0.137. The molecule has 4 bridgehead atoms. The Morgan fingerprint density at radius 2 is 1.62 bits per heavy atom. The topological polar surface area (TPSA) is 91.0 Å². The summed E-state index contributed by atoms with van der Waals surface area (Å²) in [5.41, 5.74) is -0.124. The number of carbonyl (C=O) groups is 3. The zero-order valence-corrected chi connectivity index (χ0v) is 17.6. The van der Waals surface area contributed by atoms with Crippen LogP contribution in [0.3, 0.4) is 0 Å². The number of nitrogens with zero attached hydrogens (tertiary/aromatic N) is 2. The third-order valence-electron chi connectivity index (χ3n) is 7.44. The van der Waals surface area contributed by atoms with E-state index in [1.165, 1.54) is 19.3 Å². The highest BCUT2D eigenvalue weighted by atomic mass is 16.5. The van der Waals surface area contributed by atoms with Crippen molar-refractivity contribution in [2.45, 2.75) is 57.0 Å². The summed E-state index contributed by atoms with van der Waals surface area (Å²) in [6.45, 7) is 4.14. The monoisotopic (exact) mass is 406 g/mol. The predicted molar refractivity (Wildman–Crippen MR) is 107 cm³/mol. The Labute approximate surface area is 172 Å². The van der Waals surface area contributed by atoms with Crippen LogP contribution in [-0.4, -0.2) is 79.1 Å². The van der Waals surface area contributed by atoms with Crippen molar-refractivity contribution >= 4 is 17.8 Å². The van der Waals surface area contributed by atoms with E-state index in [0.717, 1.165) is 37.0 Å². The Hall–Kier alpha value is -1.67. The molecule has 1 atom stereocenters. The highest BCUT2D eigenvalue weighted by Crippen LogP contribution is 2.55. The first-order valence-electron chi connectivity index (χ1n) is 11.0. The number of morpholine rings is 1. The van der Waals surface area contributed by atoms with Crippen LogP contribution in [0, 0.1) is 17.8 Å². The van der Waals surface area contributed by atoms with Crippen molar-refractivity contribution in [2.75, 3.05) is 39.9 Å². The first-order valence-corrected chi connectivity index (χ1v) is 11.0. The minimum absolute atomic E-state index is 0.0199. The van der Waals surface area contributed by atoms with Gasteiger partial charge in [-0.1, -0.05) is 0 Å². The molecule has 0 aromatic rings. The fourth-order valence-corrected chi connectivity index (χ4v) is 6.22. The third-order valence-corrected chi connectivity index (χ3v) is 7.44. The lowest BCUT2D eigenvalue weighted by atomic mass is 9.53. The molecule has 8 nitrogen and oxygen atoms in total. The largest absolute Gasteiger partial charge is 0.378 e. The number of amides is 4. The molecule has 1 heterocycles. The number of ether oxygens (including phenoxy) is 1. The Morgan fingerprint density at radius 1 is 1.07 bits per heavy atom. The lowest BCUT2D eigenvalue weighted by Gasteiger charge is -2.56. The molecule has 0 aromatic heterocycles. The van der Waals surface area contributed by atoms with Crippen LogP contribution >= 0.6 is 0 Å². The second-order valence-electron chi connectivity index (χ2n) is 9.73. The zero-order valence-electron chi connectivity index (χ0n) is 17.6. The van der Waals surface area contributed by atoms with Gasteiger partial charge in [0.25, 0.3) is 0 Å². The van der Waals surface area contributed by atoms with Gasteiger partial charge >= 0.3 is 6.03 Å². The second kappa shape index (κ2) is 8.22. The molecular formula is C21H34N4O4. The predicted octanol–water partition coefficient (Wildman–Crippen LogP) is 0.960. The van der Waals surface area contributed by atoms with Gasteiger partial charge in [-0.25, -0.2) is 4.79 Å². The molecular weight excluding hydrogens is 372 g/mol. The number of hydrogen-bond acceptors (Lipinski definition) is 5. The van der Waals surface area contributed by atoms with Gasteiger partial charge in [0, 0.05) is 18.6 Å². The molecule has 5 rings (SSSR count). The van der Waals surface area contributed by atoms with Crippen molar-refractivity contribution in [3.63, 3.8) is 0 Å². The molecule has 1 saturated heterocycles. The molecule has 4 saturated carbocycles. The van der Waals surface area contributed by atoms with Crippen LogP contribution in [0.1, 0.15) is 45.4 Å². The number of hydrogen-bond donors (Lipinski definition) is 2. The van der Waals surface area contributed by atoms with Crippen molar-refractivity contribution in [3.8, 4) is 0 Å². The summed E-state index contributed by atoms with van der Waals surface area (Å²) in [7, 11) is 1.74. The van der Waals surface area contributed by atoms with E-state index in [-0.39, 0.29) is 23.9 Å². The van der Waals surface area contributed by atoms with Gasteiger partial charge in [-0.3, -0.25) is 19.8 Å². The van der Waals surface area contributed by atoms with Crippen LogP contribution in [0.15, 0.2) is 0 Å². The van der Waals surface area contributed by atoms with Gasteiger partial charge in [-0.2, -0.15) is 0 Å². The van der Waals surface area contributed by atoms with E-state index in [1.807, 2.05) is 0 Å². The van der Waals surface area contributed by atoms with Gasteiger partial charge in [-0.15, -0.1) is 0 Å². The molecule has 162 valence electrons. The Bertz CT molecular complexity index is 626. The number of rotatable bonds is 5. The average molecular weight is 407 g/mol. The molecule has 5 aliphatic rings. The van der Waals surface area contributed by atoms with Gasteiger partial charge in [-0.05, 0) is 70.3 Å². The Kier molecular flexibility index (Phi) is 5.84. The normalized spacial score (nSPS) is 34.2. The minimum Gasteiger partial charge on any atom is -0.378 e. The van der Waals surface area contributed by atoms with E-state index in [9.17, 15) is 14.4 Å². The van der Waals surface area contributed by atoms with Crippen molar-refractivity contribution in [2.24, 2.45) is 17.8 Å². The van der Waals surface area contributed by atoms with Crippen LogP contribution in [0.25, 0.3) is 0 Å². The maximum absolute atomic E-state index is 12.6. The molecule has 8 heteroatoms. The lowest BCUT2D eigenvalue weighted by Crippen LogP contribution is -2.62. The summed E-state index contributed by atoms with van der Waals surface area (Å²) in [5.74, 6) is 1.80. The number of nitrogens with one attached hydrogen (secondary N) is 2. The van der Waals surface area contributed by atoms with E-state index in [2.05, 4.69) is 10.6 Å². The highest BCUT2D eigenvalue weighted by Gasteiger charge is 2.51. The fraction of sp³-hybridized carbons (Fsp3) is 0.857. The Balaban J connectivity index is 1.26. The Morgan fingerprint density at radius 3 is 2.17 bits per heavy atom. The average Bonchev–Trinajstić information content (AvgIpc) is 2.66. The van der Waals surface area contributed by atoms with Gasteiger partial charge in [0.1, 0.15) is 0 Å². The van der Waals surface area contributed by atoms with E-state index < -0.39 is 12.1 Å². The van der Waals surface area contributed by atoms with Crippen LogP contribution in [-0.2, 0) is 14.3 Å². The van der Waals surface area contributed by atoms with Gasteiger partial charge in [0.15, 0.2) is 0 Å². The number of urea groups is 1. The molecule has 29 heavy (non-hydrogen) atoms. The molecule has 0 aromatic carbocycles. The van der Waals surface area contributed by atoms with E-state index in [0.29, 0.717) is 26.3 Å². The summed E-state index contributed by atoms with van der Waals surface area (Å²) in [5, 5.41) is 5.68. The SMILES string of the molecule is C[C@@H](C(=O)NC(=O)NC12CC3CC(CC(C3)C1)C2)N(C)CC(=O)N1CCOCC1. The number of likely N-dealkylation sites (N-methyl/N-ethyl adjacent to an activating group) is 1. The molecule has 0 radical (unpaired) electrons. The van der Waals surface area contributed by atoms with Gasteiger partial charge in [0.05, 0.1) is 25.8 Å². The summed E-state index contributed by atoms with van der Waals surface area (Å²) in [4.78, 5) is 41.0. The van der Waals surface area contributed by atoms with E-state index in [4.69, 9.17) is 4.74 Å². The molecule has 2 N–H and O–H groups in total. The van der Waals surface area contributed by atoms with Gasteiger partial charge < -0.3 is 15.0 Å². The number of imide groups is 1. The smallest absolute Gasteiger partial charge is 0.321 e. The van der Waals surface area contributed by atoms with Crippen LogP contribution in [0.5, 0.6) is 0 Å².